The predicted molar refractivity (Wildman–Crippen MR) is 112 cm³/mol. The van der Waals surface area contributed by atoms with Crippen molar-refractivity contribution in [1.29, 1.82) is 0 Å². The largest absolute Gasteiger partial charge is 0.493 e. The summed E-state index contributed by atoms with van der Waals surface area (Å²) in [5, 5.41) is 2.70. The van der Waals surface area contributed by atoms with E-state index in [4.69, 9.17) is 9.47 Å². The Hall–Kier alpha value is -3.55. The molecule has 1 fully saturated rings. The molecule has 158 valence electrons. The molecular formula is C22H25N3O5. The van der Waals surface area contributed by atoms with E-state index in [2.05, 4.69) is 5.32 Å². The molecule has 0 radical (unpaired) electrons. The lowest BCUT2D eigenvalue weighted by molar-refractivity contribution is -0.127. The zero-order chi connectivity index (χ0) is 21.7. The molecule has 1 aliphatic rings. The number of methoxy groups -OCH3 is 2. The van der Waals surface area contributed by atoms with Crippen LogP contribution < -0.4 is 19.7 Å². The molecule has 2 aromatic rings. The molecule has 1 aliphatic heterocycles. The van der Waals surface area contributed by atoms with Crippen LogP contribution in [-0.2, 0) is 16.1 Å². The summed E-state index contributed by atoms with van der Waals surface area (Å²) < 4.78 is 10.6. The van der Waals surface area contributed by atoms with Gasteiger partial charge in [-0.1, -0.05) is 24.3 Å². The Kier molecular flexibility index (Phi) is 6.56. The molecule has 1 N–H and O–H groups in total. The quantitative estimate of drug-likeness (QED) is 0.675. The average molecular weight is 411 g/mol. The monoisotopic (exact) mass is 411 g/mol. The van der Waals surface area contributed by atoms with Gasteiger partial charge in [0.15, 0.2) is 11.5 Å². The number of ether oxygens (including phenoxy) is 2. The van der Waals surface area contributed by atoms with Gasteiger partial charge in [-0.25, -0.2) is 9.69 Å². The van der Waals surface area contributed by atoms with Crippen LogP contribution in [0.1, 0.15) is 18.9 Å². The number of hydrogen-bond donors (Lipinski definition) is 1. The van der Waals surface area contributed by atoms with E-state index in [0.29, 0.717) is 23.7 Å². The maximum absolute atomic E-state index is 13.2. The number of urea groups is 1. The van der Waals surface area contributed by atoms with Crippen LogP contribution in [0.4, 0.5) is 10.5 Å². The molecule has 2 aromatic carbocycles. The summed E-state index contributed by atoms with van der Waals surface area (Å²) in [4.78, 5) is 41.1. The summed E-state index contributed by atoms with van der Waals surface area (Å²) in [5.74, 6) is 0.386. The van der Waals surface area contributed by atoms with E-state index in [1.54, 1.807) is 56.5 Å². The van der Waals surface area contributed by atoms with Crippen LogP contribution in [0.2, 0.25) is 0 Å². The molecule has 0 aliphatic carbocycles. The van der Waals surface area contributed by atoms with Crippen LogP contribution in [-0.4, -0.2) is 49.6 Å². The highest BCUT2D eigenvalue weighted by atomic mass is 16.5. The Morgan fingerprint density at radius 2 is 1.73 bits per heavy atom. The Labute approximate surface area is 175 Å². The lowest BCUT2D eigenvalue weighted by Crippen LogP contribution is -2.39. The van der Waals surface area contributed by atoms with Gasteiger partial charge in [0.25, 0.3) is 5.91 Å². The van der Waals surface area contributed by atoms with E-state index in [9.17, 15) is 14.4 Å². The van der Waals surface area contributed by atoms with E-state index < -0.39 is 18.0 Å². The van der Waals surface area contributed by atoms with Crippen LogP contribution >= 0.6 is 0 Å². The minimum Gasteiger partial charge on any atom is -0.493 e. The van der Waals surface area contributed by atoms with Gasteiger partial charge in [0.1, 0.15) is 6.04 Å². The smallest absolute Gasteiger partial charge is 0.332 e. The summed E-state index contributed by atoms with van der Waals surface area (Å²) in [6.45, 7) is 2.40. The van der Waals surface area contributed by atoms with Gasteiger partial charge in [-0.15, -0.1) is 0 Å². The molecule has 0 saturated carbocycles. The SMILES string of the molecule is CCNC(=O)CC1C(=O)N(c2ccccc2)C(=O)N1Cc1ccc(OC)c(OC)c1. The third-order valence-corrected chi connectivity index (χ3v) is 4.89. The first-order valence-corrected chi connectivity index (χ1v) is 9.67. The van der Waals surface area contributed by atoms with Crippen molar-refractivity contribution in [1.82, 2.24) is 10.2 Å². The van der Waals surface area contributed by atoms with Crippen LogP contribution in [0.5, 0.6) is 11.5 Å². The van der Waals surface area contributed by atoms with Crippen molar-refractivity contribution in [2.75, 3.05) is 25.7 Å². The first-order chi connectivity index (χ1) is 14.5. The summed E-state index contributed by atoms with van der Waals surface area (Å²) >= 11 is 0. The van der Waals surface area contributed by atoms with Gasteiger partial charge < -0.3 is 19.7 Å². The van der Waals surface area contributed by atoms with Gasteiger partial charge in [-0.05, 0) is 36.8 Å². The second-order valence-corrected chi connectivity index (χ2v) is 6.78. The number of nitrogens with one attached hydrogen (secondary N) is 1. The van der Waals surface area contributed by atoms with Crippen molar-refractivity contribution in [2.45, 2.75) is 25.9 Å². The molecule has 0 spiro atoms. The number of amides is 4. The molecule has 3 rings (SSSR count). The maximum atomic E-state index is 13.2. The number of carbonyl (C=O) groups excluding carboxylic acids is 3. The van der Waals surface area contributed by atoms with Crippen LogP contribution in [0.25, 0.3) is 0 Å². The third kappa shape index (κ3) is 4.22. The number of para-hydroxylation sites is 1. The minimum atomic E-state index is -0.891. The fraction of sp³-hybridized carbons (Fsp3) is 0.318. The first kappa shape index (κ1) is 21.2. The van der Waals surface area contributed by atoms with Crippen molar-refractivity contribution >= 4 is 23.5 Å². The van der Waals surface area contributed by atoms with E-state index >= 15 is 0 Å². The normalized spacial score (nSPS) is 16.0. The lowest BCUT2D eigenvalue weighted by atomic mass is 10.1. The molecule has 8 nitrogen and oxygen atoms in total. The fourth-order valence-corrected chi connectivity index (χ4v) is 3.45. The van der Waals surface area contributed by atoms with Crippen LogP contribution in [0, 0.1) is 0 Å². The Morgan fingerprint density at radius 3 is 2.37 bits per heavy atom. The second-order valence-electron chi connectivity index (χ2n) is 6.78. The topological polar surface area (TPSA) is 88.2 Å². The molecular weight excluding hydrogens is 386 g/mol. The number of rotatable bonds is 8. The zero-order valence-corrected chi connectivity index (χ0v) is 17.3. The van der Waals surface area contributed by atoms with E-state index in [1.165, 1.54) is 12.0 Å². The summed E-state index contributed by atoms with van der Waals surface area (Å²) in [6, 6.07) is 12.6. The molecule has 1 unspecified atom stereocenters. The van der Waals surface area contributed by atoms with Crippen LogP contribution in [0.3, 0.4) is 0 Å². The average Bonchev–Trinajstić information content (AvgIpc) is 2.98. The Morgan fingerprint density at radius 1 is 1.03 bits per heavy atom. The summed E-state index contributed by atoms with van der Waals surface area (Å²) in [6.07, 6.45) is -0.102. The number of anilines is 1. The molecule has 1 heterocycles. The fourth-order valence-electron chi connectivity index (χ4n) is 3.45. The first-order valence-electron chi connectivity index (χ1n) is 9.67. The van der Waals surface area contributed by atoms with Crippen molar-refractivity contribution in [3.63, 3.8) is 0 Å². The van der Waals surface area contributed by atoms with Crippen molar-refractivity contribution in [3.05, 3.63) is 54.1 Å². The summed E-state index contributed by atoms with van der Waals surface area (Å²) in [5.41, 5.74) is 1.23. The molecule has 0 bridgehead atoms. The van der Waals surface area contributed by atoms with Gasteiger partial charge in [-0.3, -0.25) is 9.59 Å². The molecule has 30 heavy (non-hydrogen) atoms. The van der Waals surface area contributed by atoms with Gasteiger partial charge in [0.05, 0.1) is 26.3 Å². The van der Waals surface area contributed by atoms with Gasteiger partial charge >= 0.3 is 6.03 Å². The predicted octanol–water partition coefficient (Wildman–Crippen LogP) is 2.57. The van der Waals surface area contributed by atoms with E-state index in [0.717, 1.165) is 10.5 Å². The zero-order valence-electron chi connectivity index (χ0n) is 17.3. The highest BCUT2D eigenvalue weighted by molar-refractivity contribution is 6.22. The minimum absolute atomic E-state index is 0.102. The highest BCUT2D eigenvalue weighted by Gasteiger charge is 2.46. The van der Waals surface area contributed by atoms with Gasteiger partial charge in [-0.2, -0.15) is 0 Å². The number of benzene rings is 2. The van der Waals surface area contributed by atoms with E-state index in [1.807, 2.05) is 6.07 Å². The summed E-state index contributed by atoms with van der Waals surface area (Å²) in [7, 11) is 3.07. The van der Waals surface area contributed by atoms with Crippen LogP contribution in [0.15, 0.2) is 48.5 Å². The molecule has 0 aromatic heterocycles. The van der Waals surface area contributed by atoms with E-state index in [-0.39, 0.29) is 18.9 Å². The Balaban J connectivity index is 1.93. The second kappa shape index (κ2) is 9.30. The Bertz CT molecular complexity index is 932. The van der Waals surface area contributed by atoms with Crippen molar-refractivity contribution in [2.24, 2.45) is 0 Å². The maximum Gasteiger partial charge on any atom is 0.332 e. The molecule has 1 saturated heterocycles. The highest BCUT2D eigenvalue weighted by Crippen LogP contribution is 2.31. The number of hydrogen-bond acceptors (Lipinski definition) is 5. The number of nitrogens with zero attached hydrogens (tertiary/aromatic N) is 2. The molecule has 8 heteroatoms. The number of imide groups is 1. The lowest BCUT2D eigenvalue weighted by Gasteiger charge is -2.22. The van der Waals surface area contributed by atoms with Gasteiger partial charge in [0, 0.05) is 13.1 Å². The molecule has 4 amide bonds. The van der Waals surface area contributed by atoms with Crippen molar-refractivity contribution in [3.8, 4) is 11.5 Å². The van der Waals surface area contributed by atoms with Crippen molar-refractivity contribution < 1.29 is 23.9 Å². The van der Waals surface area contributed by atoms with Gasteiger partial charge in [0.2, 0.25) is 5.91 Å². The third-order valence-electron chi connectivity index (χ3n) is 4.89. The molecule has 1 atom stereocenters. The number of carbonyl (C=O) groups is 3. The standard InChI is InChI=1S/C22H25N3O5/c1-4-23-20(26)13-17-21(27)25(16-8-6-5-7-9-16)22(28)24(17)14-15-10-11-18(29-2)19(12-15)30-3/h5-12,17H,4,13-14H2,1-3H3,(H,23,26).